The van der Waals surface area contributed by atoms with Gasteiger partial charge in [-0.05, 0) is 31.0 Å². The second kappa shape index (κ2) is 6.11. The van der Waals surface area contributed by atoms with Crippen LogP contribution < -0.4 is 5.73 Å². The summed E-state index contributed by atoms with van der Waals surface area (Å²) in [7, 11) is -3.48. The summed E-state index contributed by atoms with van der Waals surface area (Å²) >= 11 is 0. The fourth-order valence-corrected chi connectivity index (χ4v) is 3.44. The summed E-state index contributed by atoms with van der Waals surface area (Å²) in [4.78, 5) is 13.9. The van der Waals surface area contributed by atoms with Crippen molar-refractivity contribution in [3.05, 3.63) is 29.6 Å². The molecule has 1 aliphatic heterocycles. The Morgan fingerprint density at radius 3 is 2.81 bits per heavy atom. The van der Waals surface area contributed by atoms with Crippen molar-refractivity contribution < 1.29 is 17.6 Å². The zero-order valence-corrected chi connectivity index (χ0v) is 12.7. The van der Waals surface area contributed by atoms with Crippen LogP contribution in [-0.4, -0.2) is 44.1 Å². The summed E-state index contributed by atoms with van der Waals surface area (Å²) in [6.45, 7) is 2.34. The van der Waals surface area contributed by atoms with E-state index in [0.29, 0.717) is 13.1 Å². The van der Waals surface area contributed by atoms with E-state index in [0.717, 1.165) is 25.0 Å². The maximum absolute atomic E-state index is 13.9. The van der Waals surface area contributed by atoms with Crippen molar-refractivity contribution in [2.24, 2.45) is 5.73 Å². The van der Waals surface area contributed by atoms with Crippen molar-refractivity contribution in [3.8, 4) is 0 Å². The molecular formula is C14H19FN2O3S. The molecule has 1 aliphatic rings. The molecule has 7 heteroatoms. The Morgan fingerprint density at radius 2 is 2.19 bits per heavy atom. The number of hydrogen-bond donors (Lipinski definition) is 1. The quantitative estimate of drug-likeness (QED) is 0.846. The molecular weight excluding hydrogens is 295 g/mol. The van der Waals surface area contributed by atoms with Crippen molar-refractivity contribution >= 4 is 15.7 Å². The van der Waals surface area contributed by atoms with Crippen molar-refractivity contribution in [1.29, 1.82) is 0 Å². The van der Waals surface area contributed by atoms with Crippen molar-refractivity contribution in [3.63, 3.8) is 0 Å². The predicted octanol–water partition coefficient (Wildman–Crippen LogP) is 1.18. The topological polar surface area (TPSA) is 80.5 Å². The molecule has 0 aromatic heterocycles. The van der Waals surface area contributed by atoms with Gasteiger partial charge in [-0.3, -0.25) is 4.79 Å². The van der Waals surface area contributed by atoms with Gasteiger partial charge in [0.1, 0.15) is 5.82 Å². The number of likely N-dealkylation sites (tertiary alicyclic amines) is 1. The lowest BCUT2D eigenvalue weighted by atomic mass is 10.1. The SMILES string of the molecule is CCS(=O)(=O)c1ccc(F)c(C(=O)N2CCCC2CN)c1. The zero-order valence-electron chi connectivity index (χ0n) is 11.9. The van der Waals surface area contributed by atoms with Crippen LogP contribution in [0.2, 0.25) is 0 Å². The highest BCUT2D eigenvalue weighted by atomic mass is 32.2. The first-order chi connectivity index (χ1) is 9.90. The lowest BCUT2D eigenvalue weighted by molar-refractivity contribution is 0.0736. The summed E-state index contributed by atoms with van der Waals surface area (Å²) in [5.41, 5.74) is 5.41. The van der Waals surface area contributed by atoms with Crippen LogP contribution in [0, 0.1) is 5.82 Å². The van der Waals surface area contributed by atoms with E-state index in [1.165, 1.54) is 17.9 Å². The number of amides is 1. The third-order valence-corrected chi connectivity index (χ3v) is 5.55. The number of sulfone groups is 1. The van der Waals surface area contributed by atoms with E-state index in [2.05, 4.69) is 0 Å². The normalized spacial score (nSPS) is 19.0. The van der Waals surface area contributed by atoms with E-state index in [4.69, 9.17) is 5.73 Å². The summed E-state index contributed by atoms with van der Waals surface area (Å²) in [5.74, 6) is -1.30. The molecule has 1 amide bonds. The van der Waals surface area contributed by atoms with Crippen molar-refractivity contribution in [2.75, 3.05) is 18.8 Å². The average molecular weight is 314 g/mol. The van der Waals surface area contributed by atoms with Gasteiger partial charge in [0.05, 0.1) is 16.2 Å². The number of hydrogen-bond acceptors (Lipinski definition) is 4. The number of rotatable bonds is 4. The smallest absolute Gasteiger partial charge is 0.257 e. The van der Waals surface area contributed by atoms with Crippen LogP contribution in [0.4, 0.5) is 4.39 Å². The molecule has 1 aromatic carbocycles. The van der Waals surface area contributed by atoms with Crippen LogP contribution in [0.5, 0.6) is 0 Å². The van der Waals surface area contributed by atoms with E-state index < -0.39 is 21.6 Å². The Hall–Kier alpha value is -1.47. The molecule has 0 radical (unpaired) electrons. The Morgan fingerprint density at radius 1 is 1.48 bits per heavy atom. The average Bonchev–Trinajstić information content (AvgIpc) is 2.95. The molecule has 1 unspecified atom stereocenters. The standard InChI is InChI=1S/C14H19FN2O3S/c1-2-21(19,20)11-5-6-13(15)12(8-11)14(18)17-7-3-4-10(17)9-16/h5-6,8,10H,2-4,7,9,16H2,1H3. The van der Waals surface area contributed by atoms with Crippen LogP contribution in [0.1, 0.15) is 30.1 Å². The first-order valence-electron chi connectivity index (χ1n) is 6.94. The third-order valence-electron chi connectivity index (χ3n) is 3.82. The molecule has 1 aromatic rings. The molecule has 0 aliphatic carbocycles. The van der Waals surface area contributed by atoms with Crippen LogP contribution in [-0.2, 0) is 9.84 Å². The van der Waals surface area contributed by atoms with E-state index in [1.54, 1.807) is 0 Å². The Bertz CT molecular complexity index is 646. The molecule has 2 rings (SSSR count). The molecule has 21 heavy (non-hydrogen) atoms. The second-order valence-corrected chi connectivity index (χ2v) is 7.35. The second-order valence-electron chi connectivity index (χ2n) is 5.08. The predicted molar refractivity (Wildman–Crippen MR) is 77.2 cm³/mol. The van der Waals surface area contributed by atoms with Gasteiger partial charge in [0.25, 0.3) is 5.91 Å². The van der Waals surface area contributed by atoms with Gasteiger partial charge >= 0.3 is 0 Å². The van der Waals surface area contributed by atoms with Gasteiger partial charge in [0.15, 0.2) is 9.84 Å². The first kappa shape index (κ1) is 15.9. The summed E-state index contributed by atoms with van der Waals surface area (Å²) in [6.07, 6.45) is 1.61. The monoisotopic (exact) mass is 314 g/mol. The Balaban J connectivity index is 2.39. The van der Waals surface area contributed by atoms with E-state index in [9.17, 15) is 17.6 Å². The number of halogens is 1. The number of nitrogens with two attached hydrogens (primary N) is 1. The van der Waals surface area contributed by atoms with E-state index in [-0.39, 0.29) is 22.3 Å². The minimum atomic E-state index is -3.48. The van der Waals surface area contributed by atoms with Gasteiger partial charge in [-0.25, -0.2) is 12.8 Å². The fraction of sp³-hybridized carbons (Fsp3) is 0.500. The molecule has 2 N–H and O–H groups in total. The van der Waals surface area contributed by atoms with Crippen LogP contribution >= 0.6 is 0 Å². The number of benzene rings is 1. The highest BCUT2D eigenvalue weighted by Crippen LogP contribution is 2.23. The maximum atomic E-state index is 13.9. The van der Waals surface area contributed by atoms with Gasteiger partial charge in [-0.2, -0.15) is 0 Å². The highest BCUT2D eigenvalue weighted by Gasteiger charge is 2.30. The lowest BCUT2D eigenvalue weighted by Crippen LogP contribution is -2.40. The van der Waals surface area contributed by atoms with Gasteiger partial charge in [-0.15, -0.1) is 0 Å². The number of nitrogens with zero attached hydrogens (tertiary/aromatic N) is 1. The lowest BCUT2D eigenvalue weighted by Gasteiger charge is -2.23. The van der Waals surface area contributed by atoms with Crippen LogP contribution in [0.15, 0.2) is 23.1 Å². The minimum absolute atomic E-state index is 0.0294. The van der Waals surface area contributed by atoms with E-state index in [1.807, 2.05) is 0 Å². The first-order valence-corrected chi connectivity index (χ1v) is 8.59. The summed E-state index contributed by atoms with van der Waals surface area (Å²) < 4.78 is 37.6. The molecule has 1 atom stereocenters. The summed E-state index contributed by atoms with van der Waals surface area (Å²) in [6, 6.07) is 3.24. The zero-order chi connectivity index (χ0) is 15.6. The number of carbonyl (C=O) groups excluding carboxylic acids is 1. The van der Waals surface area contributed by atoms with Crippen LogP contribution in [0.25, 0.3) is 0 Å². The molecule has 1 fully saturated rings. The molecule has 0 spiro atoms. The van der Waals surface area contributed by atoms with Gasteiger partial charge in [-0.1, -0.05) is 6.92 Å². The molecule has 0 bridgehead atoms. The van der Waals surface area contributed by atoms with E-state index >= 15 is 0 Å². The van der Waals surface area contributed by atoms with Crippen LogP contribution in [0.3, 0.4) is 0 Å². The molecule has 5 nitrogen and oxygen atoms in total. The molecule has 0 saturated carbocycles. The third kappa shape index (κ3) is 3.08. The van der Waals surface area contributed by atoms with Gasteiger partial charge in [0, 0.05) is 19.1 Å². The number of carbonyl (C=O) groups is 1. The Kier molecular flexibility index (Phi) is 4.63. The minimum Gasteiger partial charge on any atom is -0.334 e. The van der Waals surface area contributed by atoms with Gasteiger partial charge in [0.2, 0.25) is 0 Å². The summed E-state index contributed by atoms with van der Waals surface area (Å²) in [5, 5.41) is 0. The highest BCUT2D eigenvalue weighted by molar-refractivity contribution is 7.91. The molecule has 1 saturated heterocycles. The molecule has 116 valence electrons. The largest absolute Gasteiger partial charge is 0.334 e. The Labute approximate surface area is 123 Å². The van der Waals surface area contributed by atoms with Crippen molar-refractivity contribution in [2.45, 2.75) is 30.7 Å². The maximum Gasteiger partial charge on any atom is 0.257 e. The fourth-order valence-electron chi connectivity index (χ4n) is 2.53. The van der Waals surface area contributed by atoms with Crippen molar-refractivity contribution in [1.82, 2.24) is 4.90 Å². The van der Waals surface area contributed by atoms with Gasteiger partial charge < -0.3 is 10.6 Å². The molecule has 1 heterocycles.